The number of aliphatic hydroxyl groups excluding tert-OH is 3. The molecule has 2 amide bonds. The van der Waals surface area contributed by atoms with Crippen molar-refractivity contribution in [3.05, 3.63) is 12.2 Å². The molecule has 0 spiro atoms. The number of aliphatic hydroxyl groups is 3. The van der Waals surface area contributed by atoms with Gasteiger partial charge in [0, 0.05) is 45.2 Å². The molecule has 0 aliphatic heterocycles. The Labute approximate surface area is 231 Å². The van der Waals surface area contributed by atoms with Crippen molar-refractivity contribution in [3.63, 3.8) is 0 Å². The van der Waals surface area contributed by atoms with Crippen LogP contribution in [0.25, 0.3) is 0 Å². The Balaban J connectivity index is 3.80. The smallest absolute Gasteiger partial charge is 0.243 e. The van der Waals surface area contributed by atoms with Crippen LogP contribution < -0.4 is 16.4 Å². The van der Waals surface area contributed by atoms with Crippen LogP contribution in [0.5, 0.6) is 0 Å². The molecule has 0 aromatic carbocycles. The first-order chi connectivity index (χ1) is 18.6. The molecule has 0 rings (SSSR count). The maximum absolute atomic E-state index is 11.9. The Morgan fingerprint density at radius 3 is 1.90 bits per heavy atom. The van der Waals surface area contributed by atoms with E-state index < -0.39 is 24.6 Å². The lowest BCUT2D eigenvalue weighted by atomic mass is 10.2. The molecule has 0 heterocycles. The van der Waals surface area contributed by atoms with Gasteiger partial charge in [0.25, 0.3) is 0 Å². The monoisotopic (exact) mass is 564 g/mol. The number of nitrogens with two attached hydrogens (primary N) is 1. The van der Waals surface area contributed by atoms with Crippen LogP contribution in [0.1, 0.15) is 77.6 Å². The fourth-order valence-corrected chi connectivity index (χ4v) is 3.48. The van der Waals surface area contributed by atoms with Crippen molar-refractivity contribution in [1.82, 2.24) is 25.8 Å². The number of hydroxylamine groups is 6. The number of nitrogens with one attached hydrogen (secondary N) is 2. The Kier molecular flexibility index (Phi) is 23.0. The summed E-state index contributed by atoms with van der Waals surface area (Å²) in [5.74, 6) is -0.613. The van der Waals surface area contributed by atoms with E-state index in [0.29, 0.717) is 58.3 Å². The normalized spacial score (nSPS) is 14.3. The summed E-state index contributed by atoms with van der Waals surface area (Å²) in [5, 5.41) is 65.9. The van der Waals surface area contributed by atoms with Crippen LogP contribution in [0.2, 0.25) is 0 Å². The van der Waals surface area contributed by atoms with Gasteiger partial charge in [-0.05, 0) is 64.5 Å². The highest BCUT2D eigenvalue weighted by molar-refractivity contribution is 5.87. The summed E-state index contributed by atoms with van der Waals surface area (Å²) in [4.78, 5) is 23.7. The van der Waals surface area contributed by atoms with Gasteiger partial charge in [0.05, 0.1) is 0 Å². The van der Waals surface area contributed by atoms with Crippen molar-refractivity contribution in [2.24, 2.45) is 5.73 Å². The fourth-order valence-electron chi connectivity index (χ4n) is 3.48. The Morgan fingerprint density at radius 1 is 0.769 bits per heavy atom. The van der Waals surface area contributed by atoms with E-state index in [1.807, 2.05) is 0 Å². The van der Waals surface area contributed by atoms with E-state index in [1.54, 1.807) is 0 Å². The minimum Gasteiger partial charge on any atom is -0.377 e. The predicted octanol–water partition coefficient (Wildman–Crippen LogP) is 0.0735. The Morgan fingerprint density at radius 2 is 1.31 bits per heavy atom. The third-order valence-electron chi connectivity index (χ3n) is 5.97. The zero-order valence-corrected chi connectivity index (χ0v) is 23.3. The predicted molar refractivity (Wildman–Crippen MR) is 144 cm³/mol. The highest BCUT2D eigenvalue weighted by Gasteiger charge is 2.15. The third kappa shape index (κ3) is 21.7. The molecule has 0 saturated carbocycles. The molecule has 230 valence electrons. The number of rotatable bonds is 25. The molecule has 0 aromatic rings. The summed E-state index contributed by atoms with van der Waals surface area (Å²) in [5.41, 5.74) is 5.40. The average Bonchev–Trinajstić information content (AvgIpc) is 2.91. The van der Waals surface area contributed by atoms with Gasteiger partial charge in [0.15, 0.2) is 0 Å². The third-order valence-corrected chi connectivity index (χ3v) is 5.97. The molecule has 14 nitrogen and oxygen atoms in total. The van der Waals surface area contributed by atoms with E-state index in [-0.39, 0.29) is 31.8 Å². The summed E-state index contributed by atoms with van der Waals surface area (Å²) in [6.07, 6.45) is 5.67. The first-order valence-corrected chi connectivity index (χ1v) is 13.9. The molecule has 10 N–H and O–H groups in total. The average molecular weight is 565 g/mol. The number of carbonyl (C=O) groups is 2. The van der Waals surface area contributed by atoms with Crippen LogP contribution in [0, 0.1) is 0 Å². The van der Waals surface area contributed by atoms with Crippen LogP contribution in [0.3, 0.4) is 0 Å². The number of nitrogens with zero attached hydrogens (tertiary/aromatic N) is 3. The molecule has 3 unspecified atom stereocenters. The molecule has 39 heavy (non-hydrogen) atoms. The van der Waals surface area contributed by atoms with E-state index in [0.717, 1.165) is 40.9 Å². The highest BCUT2D eigenvalue weighted by atomic mass is 16.5. The van der Waals surface area contributed by atoms with Crippen LogP contribution in [-0.4, -0.2) is 116 Å². The summed E-state index contributed by atoms with van der Waals surface area (Å²) >= 11 is 0. The summed E-state index contributed by atoms with van der Waals surface area (Å²) in [6, 6.07) is 0. The first kappa shape index (κ1) is 37.3. The minimum atomic E-state index is -1.27. The first-order valence-electron chi connectivity index (χ1n) is 13.9. The summed E-state index contributed by atoms with van der Waals surface area (Å²) in [6.45, 7) is 3.76. The van der Waals surface area contributed by atoms with E-state index in [4.69, 9.17) is 10.8 Å². The van der Waals surface area contributed by atoms with E-state index in [9.17, 15) is 35.4 Å². The quantitative estimate of drug-likeness (QED) is 0.0312. The van der Waals surface area contributed by atoms with Gasteiger partial charge < -0.3 is 47.3 Å². The van der Waals surface area contributed by atoms with Gasteiger partial charge in [-0.3, -0.25) is 9.59 Å². The molecule has 0 saturated heterocycles. The lowest BCUT2D eigenvalue weighted by Gasteiger charge is -2.21. The van der Waals surface area contributed by atoms with Crippen LogP contribution in [-0.2, 0) is 9.59 Å². The lowest BCUT2D eigenvalue weighted by Crippen LogP contribution is -2.35. The second kappa shape index (κ2) is 24.1. The SMILES string of the molecule is CC(O)N(O)CCCCCNC(=O)CCC(O)N(O)CCCCCNC(=O)/C=C\C(O)N(O)CCCCCN. The topological polar surface area (TPSA) is 215 Å². The molecule has 0 aromatic heterocycles. The molecule has 0 radical (unpaired) electrons. The zero-order chi connectivity index (χ0) is 29.5. The summed E-state index contributed by atoms with van der Waals surface area (Å²) in [7, 11) is 0. The minimum absolute atomic E-state index is 0.0707. The van der Waals surface area contributed by atoms with E-state index in [2.05, 4.69) is 10.6 Å². The van der Waals surface area contributed by atoms with Gasteiger partial charge >= 0.3 is 0 Å². The van der Waals surface area contributed by atoms with Gasteiger partial charge in [-0.1, -0.05) is 19.3 Å². The van der Waals surface area contributed by atoms with Gasteiger partial charge in [-0.2, -0.15) is 15.2 Å². The van der Waals surface area contributed by atoms with Crippen molar-refractivity contribution >= 4 is 11.8 Å². The number of hydrogen-bond donors (Lipinski definition) is 9. The van der Waals surface area contributed by atoms with Crippen molar-refractivity contribution in [2.75, 3.05) is 39.3 Å². The van der Waals surface area contributed by atoms with Crippen LogP contribution in [0.4, 0.5) is 0 Å². The zero-order valence-electron chi connectivity index (χ0n) is 23.3. The molecule has 3 atom stereocenters. The molecule has 0 aliphatic carbocycles. The number of carbonyl (C=O) groups excluding carboxylic acids is 2. The van der Waals surface area contributed by atoms with Crippen molar-refractivity contribution in [2.45, 2.75) is 96.2 Å². The fraction of sp³-hybridized carbons (Fsp3) is 0.840. The van der Waals surface area contributed by atoms with Crippen LogP contribution in [0.15, 0.2) is 12.2 Å². The number of amides is 2. The van der Waals surface area contributed by atoms with Gasteiger partial charge in [-0.15, -0.1) is 0 Å². The Bertz CT molecular complexity index is 658. The largest absolute Gasteiger partial charge is 0.377 e. The lowest BCUT2D eigenvalue weighted by molar-refractivity contribution is -0.198. The van der Waals surface area contributed by atoms with Gasteiger partial charge in [0.2, 0.25) is 11.8 Å². The molecule has 0 bridgehead atoms. The van der Waals surface area contributed by atoms with Crippen molar-refractivity contribution in [3.8, 4) is 0 Å². The van der Waals surface area contributed by atoms with Crippen molar-refractivity contribution < 1.29 is 40.5 Å². The van der Waals surface area contributed by atoms with Gasteiger partial charge in [-0.25, -0.2) is 0 Å². The maximum atomic E-state index is 11.9. The molecular formula is C25H52N6O8. The molecule has 0 aliphatic rings. The molecular weight excluding hydrogens is 512 g/mol. The molecule has 0 fully saturated rings. The molecule has 14 heteroatoms. The van der Waals surface area contributed by atoms with Crippen molar-refractivity contribution in [1.29, 1.82) is 0 Å². The Hall–Kier alpha value is -1.72. The van der Waals surface area contributed by atoms with E-state index in [1.165, 1.54) is 19.1 Å². The van der Waals surface area contributed by atoms with Gasteiger partial charge in [0.1, 0.15) is 18.7 Å². The van der Waals surface area contributed by atoms with E-state index >= 15 is 0 Å². The standard InChI is InChI=1S/C25H52N6O8/c1-21(32)29(37)18-9-3-6-16-27-22(33)12-14-25(36)31(39)20-10-4-7-17-28-23(34)11-13-24(35)30(38)19-8-2-5-15-26/h11,13,21,24-25,32,35-39H,2-10,12,14-20,26H2,1H3,(H,27,33)(H,28,34)/b13-11-. The maximum Gasteiger partial charge on any atom is 0.243 e. The highest BCUT2D eigenvalue weighted by Crippen LogP contribution is 2.05. The number of unbranched alkanes of at least 4 members (excludes halogenated alkanes) is 6. The second-order valence-electron chi connectivity index (χ2n) is 9.52. The second-order valence-corrected chi connectivity index (χ2v) is 9.52. The van der Waals surface area contributed by atoms with Crippen LogP contribution >= 0.6 is 0 Å². The summed E-state index contributed by atoms with van der Waals surface area (Å²) < 4.78 is 0. The number of hydrogen-bond acceptors (Lipinski definition) is 12.